The van der Waals surface area contributed by atoms with E-state index >= 15 is 0 Å². The van der Waals surface area contributed by atoms with Crippen LogP contribution in [0.15, 0.2) is 42.5 Å². The van der Waals surface area contributed by atoms with E-state index in [1.54, 1.807) is 0 Å². The van der Waals surface area contributed by atoms with Gasteiger partial charge in [0.05, 0.1) is 0 Å². The Bertz CT molecular complexity index is 667. The molecule has 3 nitrogen and oxygen atoms in total. The second kappa shape index (κ2) is 7.14. The van der Waals surface area contributed by atoms with Crippen molar-refractivity contribution in [1.29, 1.82) is 0 Å². The Balaban J connectivity index is 1.61. The van der Waals surface area contributed by atoms with E-state index in [4.69, 9.17) is 0 Å². The van der Waals surface area contributed by atoms with Gasteiger partial charge in [0.25, 0.3) is 0 Å². The topological polar surface area (TPSA) is 23.6 Å². The van der Waals surface area contributed by atoms with Crippen LogP contribution in [0.25, 0.3) is 10.8 Å². The second-order valence-corrected chi connectivity index (χ2v) is 6.89. The molecule has 0 N–H and O–H groups in total. The summed E-state index contributed by atoms with van der Waals surface area (Å²) in [5, 5.41) is 2.64. The van der Waals surface area contributed by atoms with Crippen molar-refractivity contribution >= 4 is 16.7 Å². The van der Waals surface area contributed by atoms with Gasteiger partial charge < -0.3 is 4.90 Å². The van der Waals surface area contributed by atoms with Gasteiger partial charge >= 0.3 is 0 Å². The highest BCUT2D eigenvalue weighted by Crippen LogP contribution is 2.20. The van der Waals surface area contributed by atoms with Gasteiger partial charge in [-0.3, -0.25) is 9.69 Å². The first-order valence-electron chi connectivity index (χ1n) is 8.60. The number of fused-ring (bicyclic) bond motifs is 1. The molecular formula is C20H26N2O. The van der Waals surface area contributed by atoms with Crippen LogP contribution in [0.4, 0.5) is 0 Å². The molecule has 122 valence electrons. The molecule has 2 aromatic rings. The zero-order valence-electron chi connectivity index (χ0n) is 14.2. The first-order chi connectivity index (χ1) is 11.1. The summed E-state index contributed by atoms with van der Waals surface area (Å²) in [6.07, 6.45) is 0.670. The highest BCUT2D eigenvalue weighted by atomic mass is 16.2. The van der Waals surface area contributed by atoms with Crippen molar-refractivity contribution in [3.63, 3.8) is 0 Å². The maximum atomic E-state index is 12.2. The van der Waals surface area contributed by atoms with Crippen molar-refractivity contribution in [2.45, 2.75) is 26.8 Å². The van der Waals surface area contributed by atoms with Crippen LogP contribution >= 0.6 is 0 Å². The minimum absolute atomic E-state index is 0.310. The van der Waals surface area contributed by atoms with E-state index in [1.165, 1.54) is 16.3 Å². The van der Waals surface area contributed by atoms with Gasteiger partial charge in [-0.15, -0.1) is 0 Å². The van der Waals surface area contributed by atoms with E-state index in [2.05, 4.69) is 61.2 Å². The lowest BCUT2D eigenvalue weighted by Crippen LogP contribution is -2.48. The SMILES string of the molecule is CC(C)CC(=O)N1CCN(Cc2cccc3ccccc23)CC1. The van der Waals surface area contributed by atoms with E-state index in [1.807, 2.05) is 4.90 Å². The molecule has 0 bridgehead atoms. The van der Waals surface area contributed by atoms with Gasteiger partial charge in [-0.1, -0.05) is 56.3 Å². The fraction of sp³-hybridized carbons (Fsp3) is 0.450. The number of hydrogen-bond donors (Lipinski definition) is 0. The molecule has 0 radical (unpaired) electrons. The molecule has 0 aliphatic carbocycles. The number of nitrogens with zero attached hydrogens (tertiary/aromatic N) is 2. The number of amides is 1. The van der Waals surface area contributed by atoms with E-state index in [-0.39, 0.29) is 0 Å². The summed E-state index contributed by atoms with van der Waals surface area (Å²) >= 11 is 0. The third-order valence-corrected chi connectivity index (χ3v) is 4.58. The van der Waals surface area contributed by atoms with Crippen molar-refractivity contribution < 1.29 is 4.79 Å². The average molecular weight is 310 g/mol. The minimum Gasteiger partial charge on any atom is -0.340 e. The highest BCUT2D eigenvalue weighted by Gasteiger charge is 2.21. The summed E-state index contributed by atoms with van der Waals surface area (Å²) < 4.78 is 0. The van der Waals surface area contributed by atoms with Gasteiger partial charge in [0.2, 0.25) is 5.91 Å². The molecule has 0 saturated carbocycles. The number of carbonyl (C=O) groups is 1. The molecule has 1 saturated heterocycles. The monoisotopic (exact) mass is 310 g/mol. The first-order valence-corrected chi connectivity index (χ1v) is 8.60. The Morgan fingerprint density at radius 1 is 1.00 bits per heavy atom. The Morgan fingerprint density at radius 2 is 1.70 bits per heavy atom. The Morgan fingerprint density at radius 3 is 2.43 bits per heavy atom. The van der Waals surface area contributed by atoms with Crippen LogP contribution in [-0.2, 0) is 11.3 Å². The lowest BCUT2D eigenvalue weighted by molar-refractivity contribution is -0.133. The smallest absolute Gasteiger partial charge is 0.222 e. The Hall–Kier alpha value is -1.87. The molecule has 1 aliphatic heterocycles. The third-order valence-electron chi connectivity index (χ3n) is 4.58. The minimum atomic E-state index is 0.310. The maximum absolute atomic E-state index is 12.2. The predicted octanol–water partition coefficient (Wildman–Crippen LogP) is 3.53. The van der Waals surface area contributed by atoms with Crippen LogP contribution in [0, 0.1) is 5.92 Å². The van der Waals surface area contributed by atoms with Crippen molar-refractivity contribution in [1.82, 2.24) is 9.80 Å². The molecule has 1 fully saturated rings. The molecule has 3 rings (SSSR count). The lowest BCUT2D eigenvalue weighted by Gasteiger charge is -2.35. The van der Waals surface area contributed by atoms with Crippen molar-refractivity contribution in [2.24, 2.45) is 5.92 Å². The molecule has 23 heavy (non-hydrogen) atoms. The predicted molar refractivity (Wildman–Crippen MR) is 95.3 cm³/mol. The quantitative estimate of drug-likeness (QED) is 0.862. The molecule has 1 amide bonds. The van der Waals surface area contributed by atoms with Gasteiger partial charge in [0.1, 0.15) is 0 Å². The summed E-state index contributed by atoms with van der Waals surface area (Å²) in [4.78, 5) is 16.6. The van der Waals surface area contributed by atoms with Crippen molar-refractivity contribution in [3.05, 3.63) is 48.0 Å². The van der Waals surface area contributed by atoms with Crippen LogP contribution in [0.1, 0.15) is 25.8 Å². The molecular weight excluding hydrogens is 284 g/mol. The van der Waals surface area contributed by atoms with Crippen LogP contribution in [0.5, 0.6) is 0 Å². The summed E-state index contributed by atoms with van der Waals surface area (Å²) in [6.45, 7) is 8.82. The molecule has 0 unspecified atom stereocenters. The van der Waals surface area contributed by atoms with E-state index in [9.17, 15) is 4.79 Å². The lowest BCUT2D eigenvalue weighted by atomic mass is 10.0. The Kier molecular flexibility index (Phi) is 4.97. The van der Waals surface area contributed by atoms with Crippen LogP contribution < -0.4 is 0 Å². The fourth-order valence-corrected chi connectivity index (χ4v) is 3.30. The Labute approximate surface area is 138 Å². The normalized spacial score (nSPS) is 16.2. The van der Waals surface area contributed by atoms with Gasteiger partial charge in [0, 0.05) is 39.1 Å². The van der Waals surface area contributed by atoms with E-state index in [0.29, 0.717) is 18.2 Å². The summed E-state index contributed by atoms with van der Waals surface area (Å²) in [5.41, 5.74) is 1.38. The van der Waals surface area contributed by atoms with Gasteiger partial charge in [0.15, 0.2) is 0 Å². The summed E-state index contributed by atoms with van der Waals surface area (Å²) in [5.74, 6) is 0.751. The molecule has 1 heterocycles. The number of rotatable bonds is 4. The fourth-order valence-electron chi connectivity index (χ4n) is 3.30. The van der Waals surface area contributed by atoms with Crippen molar-refractivity contribution in [2.75, 3.05) is 26.2 Å². The standard InChI is InChI=1S/C20H26N2O/c1-16(2)14-20(23)22-12-10-21(11-13-22)15-18-8-5-7-17-6-3-4-9-19(17)18/h3-9,16H,10-15H2,1-2H3. The molecule has 0 atom stereocenters. The van der Waals surface area contributed by atoms with Crippen LogP contribution in [-0.4, -0.2) is 41.9 Å². The first kappa shape index (κ1) is 16.0. The molecule has 3 heteroatoms. The van der Waals surface area contributed by atoms with Crippen LogP contribution in [0.3, 0.4) is 0 Å². The van der Waals surface area contributed by atoms with E-state index in [0.717, 1.165) is 32.7 Å². The zero-order chi connectivity index (χ0) is 16.2. The number of benzene rings is 2. The zero-order valence-corrected chi connectivity index (χ0v) is 14.2. The number of carbonyl (C=O) groups excluding carboxylic acids is 1. The van der Waals surface area contributed by atoms with Crippen molar-refractivity contribution in [3.8, 4) is 0 Å². The number of piperazine rings is 1. The summed E-state index contributed by atoms with van der Waals surface area (Å²) in [7, 11) is 0. The summed E-state index contributed by atoms with van der Waals surface area (Å²) in [6, 6.07) is 15.1. The van der Waals surface area contributed by atoms with Gasteiger partial charge in [-0.25, -0.2) is 0 Å². The van der Waals surface area contributed by atoms with Gasteiger partial charge in [-0.2, -0.15) is 0 Å². The maximum Gasteiger partial charge on any atom is 0.222 e. The molecule has 1 aliphatic rings. The van der Waals surface area contributed by atoms with E-state index < -0.39 is 0 Å². The third kappa shape index (κ3) is 3.91. The van der Waals surface area contributed by atoms with Crippen LogP contribution in [0.2, 0.25) is 0 Å². The second-order valence-electron chi connectivity index (χ2n) is 6.89. The van der Waals surface area contributed by atoms with Gasteiger partial charge in [-0.05, 0) is 22.3 Å². The molecule has 0 spiro atoms. The highest BCUT2D eigenvalue weighted by molar-refractivity contribution is 5.85. The number of hydrogen-bond acceptors (Lipinski definition) is 2. The molecule has 0 aromatic heterocycles. The largest absolute Gasteiger partial charge is 0.340 e. The average Bonchev–Trinajstić information content (AvgIpc) is 2.55. The molecule has 2 aromatic carbocycles.